The number of imide groups is 1. The highest BCUT2D eigenvalue weighted by Gasteiger charge is 2.60. The van der Waals surface area contributed by atoms with Crippen molar-refractivity contribution in [1.29, 1.82) is 0 Å². The molecule has 1 atom stereocenters. The summed E-state index contributed by atoms with van der Waals surface area (Å²) in [6, 6.07) is 5.29. The summed E-state index contributed by atoms with van der Waals surface area (Å²) >= 11 is 0. The van der Waals surface area contributed by atoms with Crippen LogP contribution in [0.15, 0.2) is 18.2 Å². The van der Waals surface area contributed by atoms with E-state index in [1.165, 1.54) is 12.0 Å². The van der Waals surface area contributed by atoms with Crippen LogP contribution >= 0.6 is 0 Å². The fourth-order valence-corrected chi connectivity index (χ4v) is 3.76. The third kappa shape index (κ3) is 2.53. The molecule has 1 spiro atoms. The molecule has 1 aromatic rings. The molecular formula is C19H24N2O5. The topological polar surface area (TPSA) is 76.1 Å². The number of amides is 3. The lowest BCUT2D eigenvalue weighted by molar-refractivity contribution is -0.145. The zero-order valence-electron chi connectivity index (χ0n) is 15.8. The van der Waals surface area contributed by atoms with Crippen molar-refractivity contribution in [2.24, 2.45) is 0 Å². The number of methoxy groups -OCH3 is 1. The van der Waals surface area contributed by atoms with E-state index < -0.39 is 23.0 Å². The molecule has 26 heavy (non-hydrogen) atoms. The highest BCUT2D eigenvalue weighted by atomic mass is 16.6. The van der Waals surface area contributed by atoms with Crippen LogP contribution in [0.3, 0.4) is 0 Å². The summed E-state index contributed by atoms with van der Waals surface area (Å²) in [4.78, 5) is 41.6. The number of fused-ring (bicyclic) bond motifs is 2. The number of likely N-dealkylation sites (tertiary alicyclic amines) is 1. The minimum absolute atomic E-state index is 0.233. The van der Waals surface area contributed by atoms with Gasteiger partial charge < -0.3 is 14.4 Å². The van der Waals surface area contributed by atoms with Gasteiger partial charge in [0.2, 0.25) is 5.91 Å². The Kier molecular flexibility index (Phi) is 4.21. The first kappa shape index (κ1) is 18.2. The molecule has 3 amide bonds. The standard InChI is InChI=1S/C19H24N2O5/c1-18(2,3)26-17(24)21-11-7-10-19(16(21)23)14-12(20(4)15(19)22)8-6-9-13(14)25-5/h6,8-9H,7,10-11H2,1-5H3. The maximum Gasteiger partial charge on any atom is 0.417 e. The number of piperidine rings is 1. The van der Waals surface area contributed by atoms with Crippen molar-refractivity contribution >= 4 is 23.6 Å². The monoisotopic (exact) mass is 360 g/mol. The van der Waals surface area contributed by atoms with Crippen molar-refractivity contribution in [2.45, 2.75) is 44.6 Å². The van der Waals surface area contributed by atoms with Crippen molar-refractivity contribution in [1.82, 2.24) is 4.90 Å². The van der Waals surface area contributed by atoms with Gasteiger partial charge in [0.1, 0.15) is 11.4 Å². The van der Waals surface area contributed by atoms with Crippen LogP contribution in [0.25, 0.3) is 0 Å². The van der Waals surface area contributed by atoms with Crippen LogP contribution in [0.1, 0.15) is 39.2 Å². The Morgan fingerprint density at radius 1 is 1.19 bits per heavy atom. The van der Waals surface area contributed by atoms with E-state index in [0.29, 0.717) is 29.8 Å². The van der Waals surface area contributed by atoms with Crippen LogP contribution < -0.4 is 9.64 Å². The number of hydrogen-bond acceptors (Lipinski definition) is 5. The van der Waals surface area contributed by atoms with Gasteiger partial charge in [-0.15, -0.1) is 0 Å². The molecule has 0 aromatic heterocycles. The van der Waals surface area contributed by atoms with E-state index in [-0.39, 0.29) is 12.5 Å². The summed E-state index contributed by atoms with van der Waals surface area (Å²) < 4.78 is 10.8. The first-order valence-corrected chi connectivity index (χ1v) is 8.64. The number of anilines is 1. The minimum atomic E-state index is -1.44. The summed E-state index contributed by atoms with van der Waals surface area (Å²) in [6.07, 6.45) is 0.129. The fourth-order valence-electron chi connectivity index (χ4n) is 3.76. The molecule has 2 heterocycles. The highest BCUT2D eigenvalue weighted by Crippen LogP contribution is 2.51. The van der Waals surface area contributed by atoms with Crippen molar-refractivity contribution < 1.29 is 23.9 Å². The smallest absolute Gasteiger partial charge is 0.417 e. The summed E-state index contributed by atoms with van der Waals surface area (Å²) in [5, 5.41) is 0. The second kappa shape index (κ2) is 6.00. The minimum Gasteiger partial charge on any atom is -0.496 e. The van der Waals surface area contributed by atoms with E-state index in [1.807, 2.05) is 0 Å². The van der Waals surface area contributed by atoms with Crippen LogP contribution in [-0.4, -0.2) is 49.1 Å². The van der Waals surface area contributed by atoms with Gasteiger partial charge in [0.15, 0.2) is 5.41 Å². The number of carbonyl (C=O) groups excluding carboxylic acids is 3. The number of likely N-dealkylation sites (N-methyl/N-ethyl adjacent to an activating group) is 1. The fraction of sp³-hybridized carbons (Fsp3) is 0.526. The van der Waals surface area contributed by atoms with Gasteiger partial charge in [-0.1, -0.05) is 6.07 Å². The largest absolute Gasteiger partial charge is 0.496 e. The molecular weight excluding hydrogens is 336 g/mol. The third-order valence-electron chi connectivity index (χ3n) is 4.84. The summed E-state index contributed by atoms with van der Waals surface area (Å²) in [5.41, 5.74) is -0.998. The molecule has 0 N–H and O–H groups in total. The van der Waals surface area contributed by atoms with Crippen LogP contribution in [0, 0.1) is 0 Å². The number of carbonyl (C=O) groups is 3. The van der Waals surface area contributed by atoms with Gasteiger partial charge in [0.05, 0.1) is 12.8 Å². The molecule has 7 heteroatoms. The maximum absolute atomic E-state index is 13.4. The van der Waals surface area contributed by atoms with Gasteiger partial charge in [-0.3, -0.25) is 9.59 Å². The molecule has 0 bridgehead atoms. The van der Waals surface area contributed by atoms with Crippen LogP contribution in [0.5, 0.6) is 5.75 Å². The van der Waals surface area contributed by atoms with E-state index in [4.69, 9.17) is 9.47 Å². The molecule has 1 aromatic carbocycles. The molecule has 1 fully saturated rings. The Balaban J connectivity index is 2.09. The second-order valence-electron chi connectivity index (χ2n) is 7.66. The van der Waals surface area contributed by atoms with Crippen molar-refractivity contribution in [3.05, 3.63) is 23.8 Å². The van der Waals surface area contributed by atoms with E-state index in [1.54, 1.807) is 46.0 Å². The zero-order valence-corrected chi connectivity index (χ0v) is 15.8. The van der Waals surface area contributed by atoms with E-state index in [0.717, 1.165) is 4.90 Å². The molecule has 1 saturated heterocycles. The van der Waals surface area contributed by atoms with Crippen molar-refractivity contribution in [2.75, 3.05) is 25.6 Å². The van der Waals surface area contributed by atoms with Crippen LogP contribution in [-0.2, 0) is 19.7 Å². The Morgan fingerprint density at radius 3 is 2.50 bits per heavy atom. The predicted molar refractivity (Wildman–Crippen MR) is 95.3 cm³/mol. The number of nitrogens with zero attached hydrogens (tertiary/aromatic N) is 2. The summed E-state index contributed by atoms with van der Waals surface area (Å²) in [6.45, 7) is 5.45. The van der Waals surface area contributed by atoms with Gasteiger partial charge in [-0.25, -0.2) is 9.69 Å². The quantitative estimate of drug-likeness (QED) is 0.719. The average molecular weight is 360 g/mol. The lowest BCUT2D eigenvalue weighted by Gasteiger charge is -2.38. The Hall–Kier alpha value is -2.57. The molecule has 0 aliphatic carbocycles. The molecule has 0 radical (unpaired) electrons. The first-order chi connectivity index (χ1) is 12.1. The Bertz CT molecular complexity index is 783. The maximum atomic E-state index is 13.4. The van der Waals surface area contributed by atoms with E-state index in [9.17, 15) is 14.4 Å². The SMILES string of the molecule is COc1cccc2c1C1(CCCN(C(=O)OC(C)(C)C)C1=O)C(=O)N2C. The summed E-state index contributed by atoms with van der Waals surface area (Å²) in [7, 11) is 3.14. The average Bonchev–Trinajstić information content (AvgIpc) is 2.78. The van der Waals surface area contributed by atoms with Gasteiger partial charge in [-0.2, -0.15) is 0 Å². The molecule has 2 aliphatic rings. The molecule has 0 saturated carbocycles. The molecule has 7 nitrogen and oxygen atoms in total. The number of rotatable bonds is 1. The van der Waals surface area contributed by atoms with Crippen LogP contribution in [0.2, 0.25) is 0 Å². The Labute approximate surface area is 152 Å². The lowest BCUT2D eigenvalue weighted by Crippen LogP contribution is -2.58. The van der Waals surface area contributed by atoms with Crippen LogP contribution in [0.4, 0.5) is 10.5 Å². The molecule has 3 rings (SSSR count). The normalized spacial score (nSPS) is 22.7. The third-order valence-corrected chi connectivity index (χ3v) is 4.84. The van der Waals surface area contributed by atoms with Gasteiger partial charge in [-0.05, 0) is 45.7 Å². The first-order valence-electron chi connectivity index (χ1n) is 8.64. The van der Waals surface area contributed by atoms with Gasteiger partial charge in [0, 0.05) is 19.2 Å². The van der Waals surface area contributed by atoms with Crippen molar-refractivity contribution in [3.63, 3.8) is 0 Å². The Morgan fingerprint density at radius 2 is 1.88 bits per heavy atom. The predicted octanol–water partition coefficient (Wildman–Crippen LogP) is 2.47. The van der Waals surface area contributed by atoms with Gasteiger partial charge in [0.25, 0.3) is 5.91 Å². The van der Waals surface area contributed by atoms with Crippen molar-refractivity contribution in [3.8, 4) is 5.75 Å². The lowest BCUT2D eigenvalue weighted by atomic mass is 9.73. The summed E-state index contributed by atoms with van der Waals surface area (Å²) in [5.74, 6) is -0.409. The molecule has 140 valence electrons. The zero-order chi connectivity index (χ0) is 19.3. The van der Waals surface area contributed by atoms with E-state index in [2.05, 4.69) is 0 Å². The number of ether oxygens (including phenoxy) is 2. The van der Waals surface area contributed by atoms with E-state index >= 15 is 0 Å². The molecule has 1 unspecified atom stereocenters. The van der Waals surface area contributed by atoms with Gasteiger partial charge >= 0.3 is 6.09 Å². The highest BCUT2D eigenvalue weighted by molar-refractivity contribution is 6.24. The number of benzene rings is 1. The number of hydrogen-bond donors (Lipinski definition) is 0. The molecule has 2 aliphatic heterocycles. The second-order valence-corrected chi connectivity index (χ2v) is 7.66.